The van der Waals surface area contributed by atoms with Gasteiger partial charge >= 0.3 is 0 Å². The normalized spacial score (nSPS) is 23.0. The van der Waals surface area contributed by atoms with Crippen molar-refractivity contribution in [2.24, 2.45) is 0 Å². The van der Waals surface area contributed by atoms with Crippen LogP contribution in [-0.4, -0.2) is 36.6 Å². The molecule has 0 unspecified atom stereocenters. The van der Waals surface area contributed by atoms with Gasteiger partial charge in [0.15, 0.2) is 6.29 Å². The number of hydrogen-bond acceptors (Lipinski definition) is 4. The minimum Gasteiger partial charge on any atom is -0.373 e. The number of halogens is 1. The van der Waals surface area contributed by atoms with Crippen molar-refractivity contribution in [3.05, 3.63) is 34.3 Å². The van der Waals surface area contributed by atoms with Crippen LogP contribution in [0, 0.1) is 0 Å². The molecule has 0 amide bonds. The van der Waals surface area contributed by atoms with Gasteiger partial charge < -0.3 is 18.9 Å². The average molecular weight is 401 g/mol. The molecule has 2 rings (SSSR count). The van der Waals surface area contributed by atoms with E-state index in [2.05, 4.69) is 15.9 Å². The number of ether oxygens (including phenoxy) is 4. The van der Waals surface area contributed by atoms with Crippen LogP contribution in [0.1, 0.15) is 53.4 Å². The van der Waals surface area contributed by atoms with Crippen LogP contribution in [0.15, 0.2) is 28.7 Å². The van der Waals surface area contributed by atoms with E-state index < -0.39 is 0 Å². The van der Waals surface area contributed by atoms with Crippen LogP contribution in [-0.2, 0) is 18.9 Å². The molecular formula is C19H29BrO4. The highest BCUT2D eigenvalue weighted by atomic mass is 79.9. The quantitative estimate of drug-likeness (QED) is 0.706. The highest BCUT2D eigenvalue weighted by Crippen LogP contribution is 2.33. The maximum Gasteiger partial charge on any atom is 0.184 e. The van der Waals surface area contributed by atoms with Crippen LogP contribution in [0.4, 0.5) is 0 Å². The number of rotatable bonds is 5. The Morgan fingerprint density at radius 1 is 0.833 bits per heavy atom. The second kappa shape index (κ2) is 7.83. The highest BCUT2D eigenvalue weighted by molar-refractivity contribution is 9.10. The summed E-state index contributed by atoms with van der Waals surface area (Å²) in [7, 11) is 0. The predicted molar refractivity (Wildman–Crippen MR) is 98.0 cm³/mol. The van der Waals surface area contributed by atoms with Gasteiger partial charge in [-0.15, -0.1) is 0 Å². The van der Waals surface area contributed by atoms with Gasteiger partial charge in [-0.1, -0.05) is 28.1 Å². The van der Waals surface area contributed by atoms with Gasteiger partial charge in [-0.3, -0.25) is 0 Å². The molecule has 2 atom stereocenters. The summed E-state index contributed by atoms with van der Waals surface area (Å²) in [5, 5.41) is 0. The molecule has 1 fully saturated rings. The third-order valence-electron chi connectivity index (χ3n) is 3.51. The van der Waals surface area contributed by atoms with Crippen molar-refractivity contribution in [2.45, 2.75) is 71.2 Å². The monoisotopic (exact) mass is 400 g/mol. The lowest BCUT2D eigenvalue weighted by molar-refractivity contribution is -0.0974. The van der Waals surface area contributed by atoms with Crippen molar-refractivity contribution >= 4 is 15.9 Å². The van der Waals surface area contributed by atoms with Gasteiger partial charge in [0, 0.05) is 10.0 Å². The van der Waals surface area contributed by atoms with E-state index in [1.54, 1.807) is 0 Å². The minimum absolute atomic E-state index is 0.153. The topological polar surface area (TPSA) is 36.9 Å². The van der Waals surface area contributed by atoms with Crippen LogP contribution in [0.2, 0.25) is 0 Å². The van der Waals surface area contributed by atoms with E-state index in [0.717, 1.165) is 10.0 Å². The SMILES string of the molecule is CC(C)(C)OC[C@@H]1OC(c2ccc(Br)cc2)O[C@H]1COC(C)(C)C. The summed E-state index contributed by atoms with van der Waals surface area (Å²) in [6.07, 6.45) is -0.694. The first-order valence-electron chi connectivity index (χ1n) is 8.38. The third-order valence-corrected chi connectivity index (χ3v) is 4.04. The summed E-state index contributed by atoms with van der Waals surface area (Å²) in [6.45, 7) is 13.2. The van der Waals surface area contributed by atoms with E-state index in [0.29, 0.717) is 13.2 Å². The lowest BCUT2D eigenvalue weighted by atomic mass is 10.1. The number of benzene rings is 1. The highest BCUT2D eigenvalue weighted by Gasteiger charge is 2.38. The molecule has 0 saturated carbocycles. The van der Waals surface area contributed by atoms with E-state index in [1.165, 1.54) is 0 Å². The maximum atomic E-state index is 6.12. The molecule has 0 spiro atoms. The molecule has 1 aliphatic rings. The van der Waals surface area contributed by atoms with Crippen molar-refractivity contribution in [3.8, 4) is 0 Å². The minimum atomic E-state index is -0.389. The van der Waals surface area contributed by atoms with E-state index in [1.807, 2.05) is 65.8 Å². The van der Waals surface area contributed by atoms with Gasteiger partial charge in [0.1, 0.15) is 12.2 Å². The van der Waals surface area contributed by atoms with E-state index >= 15 is 0 Å². The molecule has 4 nitrogen and oxygen atoms in total. The molecule has 0 radical (unpaired) electrons. The maximum absolute atomic E-state index is 6.12. The molecule has 1 aliphatic heterocycles. The van der Waals surface area contributed by atoms with Crippen LogP contribution in [0.5, 0.6) is 0 Å². The van der Waals surface area contributed by atoms with Crippen molar-refractivity contribution in [1.29, 1.82) is 0 Å². The molecule has 0 N–H and O–H groups in total. The van der Waals surface area contributed by atoms with Gasteiger partial charge in [-0.2, -0.15) is 0 Å². The van der Waals surface area contributed by atoms with Gasteiger partial charge in [0.2, 0.25) is 0 Å². The van der Waals surface area contributed by atoms with Crippen molar-refractivity contribution < 1.29 is 18.9 Å². The van der Waals surface area contributed by atoms with E-state index in [-0.39, 0.29) is 29.7 Å². The molecule has 5 heteroatoms. The molecule has 1 heterocycles. The Bertz CT molecular complexity index is 490. The molecular weight excluding hydrogens is 372 g/mol. The Balaban J connectivity index is 2.04. The second-order valence-corrected chi connectivity index (χ2v) is 8.99. The van der Waals surface area contributed by atoms with E-state index in [9.17, 15) is 0 Å². The summed E-state index contributed by atoms with van der Waals surface area (Å²) in [4.78, 5) is 0. The van der Waals surface area contributed by atoms with Crippen LogP contribution < -0.4 is 0 Å². The number of hydrogen-bond donors (Lipinski definition) is 0. The van der Waals surface area contributed by atoms with Gasteiger partial charge in [-0.05, 0) is 53.7 Å². The Kier molecular flexibility index (Phi) is 6.48. The first-order chi connectivity index (χ1) is 11.0. The summed E-state index contributed by atoms with van der Waals surface area (Å²) >= 11 is 3.45. The van der Waals surface area contributed by atoms with Crippen molar-refractivity contribution in [3.63, 3.8) is 0 Å². The first-order valence-corrected chi connectivity index (χ1v) is 9.17. The first kappa shape index (κ1) is 19.9. The Morgan fingerprint density at radius 2 is 1.25 bits per heavy atom. The van der Waals surface area contributed by atoms with Crippen LogP contribution in [0.25, 0.3) is 0 Å². The predicted octanol–water partition coefficient (Wildman–Crippen LogP) is 4.86. The van der Waals surface area contributed by atoms with E-state index in [4.69, 9.17) is 18.9 Å². The molecule has 136 valence electrons. The van der Waals surface area contributed by atoms with Gasteiger partial charge in [0.25, 0.3) is 0 Å². The van der Waals surface area contributed by atoms with Gasteiger partial charge in [0.05, 0.1) is 24.4 Å². The lowest BCUT2D eigenvalue weighted by Gasteiger charge is -2.26. The van der Waals surface area contributed by atoms with Crippen LogP contribution >= 0.6 is 15.9 Å². The zero-order chi connectivity index (χ0) is 18.0. The molecule has 24 heavy (non-hydrogen) atoms. The Hall–Kier alpha value is -0.460. The average Bonchev–Trinajstić information content (AvgIpc) is 2.85. The molecule has 0 bridgehead atoms. The fourth-order valence-electron chi connectivity index (χ4n) is 2.26. The molecule has 1 aromatic rings. The summed E-state index contributed by atoms with van der Waals surface area (Å²) in [6, 6.07) is 7.98. The smallest absolute Gasteiger partial charge is 0.184 e. The standard InChI is InChI=1S/C19H29BrO4/c1-18(2,3)21-11-15-16(12-22-19(4,5)6)24-17(23-15)13-7-9-14(20)10-8-13/h7-10,15-17H,11-12H2,1-6H3/t15-,16-/m0/s1. The van der Waals surface area contributed by atoms with Crippen LogP contribution in [0.3, 0.4) is 0 Å². The molecule has 0 aromatic heterocycles. The van der Waals surface area contributed by atoms with Crippen molar-refractivity contribution in [2.75, 3.05) is 13.2 Å². The zero-order valence-corrected chi connectivity index (χ0v) is 17.1. The molecule has 1 aromatic carbocycles. The Morgan fingerprint density at radius 3 is 1.62 bits per heavy atom. The largest absolute Gasteiger partial charge is 0.373 e. The third kappa shape index (κ3) is 6.45. The molecule has 1 saturated heterocycles. The molecule has 0 aliphatic carbocycles. The Labute approximate surface area is 153 Å². The summed E-state index contributed by atoms with van der Waals surface area (Å²) in [5.41, 5.74) is 0.570. The summed E-state index contributed by atoms with van der Waals surface area (Å²) in [5.74, 6) is 0. The fourth-order valence-corrected chi connectivity index (χ4v) is 2.52. The van der Waals surface area contributed by atoms with Crippen molar-refractivity contribution in [1.82, 2.24) is 0 Å². The van der Waals surface area contributed by atoms with Gasteiger partial charge in [-0.25, -0.2) is 0 Å². The zero-order valence-electron chi connectivity index (χ0n) is 15.5. The summed E-state index contributed by atoms with van der Waals surface area (Å²) < 4.78 is 25.1. The lowest BCUT2D eigenvalue weighted by Crippen LogP contribution is -2.37. The fraction of sp³-hybridized carbons (Fsp3) is 0.684. The second-order valence-electron chi connectivity index (χ2n) is 8.08.